The predicted molar refractivity (Wildman–Crippen MR) is 90.1 cm³/mol. The largest absolute Gasteiger partial charge is 0.389 e. The standard InChI is InChI=1S/C18H31NO2/c1-4-5-6-7-8-9-10-11-12-13-14-15-17(20)19-16-18(2,3)21/h8-9,12-15,21H,4-7,10-11,16H2,1-3H3,(H,19,20). The van der Waals surface area contributed by atoms with Gasteiger partial charge in [-0.3, -0.25) is 4.79 Å². The van der Waals surface area contributed by atoms with Crippen LogP contribution in [0, 0.1) is 0 Å². The molecule has 21 heavy (non-hydrogen) atoms. The Morgan fingerprint density at radius 1 is 1.05 bits per heavy atom. The lowest BCUT2D eigenvalue weighted by molar-refractivity contribution is -0.117. The van der Waals surface area contributed by atoms with Gasteiger partial charge in [0, 0.05) is 12.6 Å². The lowest BCUT2D eigenvalue weighted by Gasteiger charge is -2.16. The van der Waals surface area contributed by atoms with Crippen molar-refractivity contribution in [1.82, 2.24) is 5.32 Å². The third-order valence-corrected chi connectivity index (χ3v) is 2.83. The van der Waals surface area contributed by atoms with Gasteiger partial charge < -0.3 is 10.4 Å². The molecule has 2 N–H and O–H groups in total. The van der Waals surface area contributed by atoms with E-state index in [-0.39, 0.29) is 12.5 Å². The van der Waals surface area contributed by atoms with Gasteiger partial charge in [0.15, 0.2) is 0 Å². The Morgan fingerprint density at radius 3 is 2.38 bits per heavy atom. The van der Waals surface area contributed by atoms with Gasteiger partial charge in [-0.05, 0) is 39.5 Å². The van der Waals surface area contributed by atoms with E-state index in [1.165, 1.54) is 31.8 Å². The lowest BCUT2D eigenvalue weighted by atomic mass is 10.1. The first kappa shape index (κ1) is 19.7. The molecule has 0 heterocycles. The van der Waals surface area contributed by atoms with Crippen LogP contribution in [0.2, 0.25) is 0 Å². The van der Waals surface area contributed by atoms with E-state index in [9.17, 15) is 9.90 Å². The number of carbonyl (C=O) groups is 1. The van der Waals surface area contributed by atoms with E-state index in [1.54, 1.807) is 19.9 Å². The van der Waals surface area contributed by atoms with Crippen LogP contribution in [0.1, 0.15) is 59.3 Å². The van der Waals surface area contributed by atoms with Gasteiger partial charge >= 0.3 is 0 Å². The Morgan fingerprint density at radius 2 is 1.71 bits per heavy atom. The summed E-state index contributed by atoms with van der Waals surface area (Å²) in [7, 11) is 0. The van der Waals surface area contributed by atoms with E-state index >= 15 is 0 Å². The zero-order valence-corrected chi connectivity index (χ0v) is 13.8. The molecular formula is C18H31NO2. The summed E-state index contributed by atoms with van der Waals surface area (Å²) in [6.07, 6.45) is 18.7. The Kier molecular flexibility index (Phi) is 11.6. The van der Waals surface area contributed by atoms with Gasteiger partial charge in [0.1, 0.15) is 0 Å². The van der Waals surface area contributed by atoms with Gasteiger partial charge in [0.05, 0.1) is 5.60 Å². The van der Waals surface area contributed by atoms with Crippen LogP contribution in [0.25, 0.3) is 0 Å². The molecule has 0 fully saturated rings. The third kappa shape index (κ3) is 16.6. The highest BCUT2D eigenvalue weighted by Crippen LogP contribution is 2.01. The molecule has 0 aliphatic carbocycles. The first-order valence-corrected chi connectivity index (χ1v) is 7.94. The molecule has 1 amide bonds. The molecule has 0 saturated heterocycles. The zero-order valence-electron chi connectivity index (χ0n) is 13.8. The van der Waals surface area contributed by atoms with Crippen molar-refractivity contribution < 1.29 is 9.90 Å². The van der Waals surface area contributed by atoms with E-state index in [0.717, 1.165) is 12.8 Å². The fraction of sp³-hybridized carbons (Fsp3) is 0.611. The topological polar surface area (TPSA) is 49.3 Å². The molecule has 0 rings (SSSR count). The Bertz CT molecular complexity index is 349. The van der Waals surface area contributed by atoms with Crippen LogP contribution in [0.3, 0.4) is 0 Å². The number of allylic oxidation sites excluding steroid dienone is 5. The number of rotatable bonds is 11. The van der Waals surface area contributed by atoms with E-state index in [4.69, 9.17) is 0 Å². The molecule has 0 aromatic heterocycles. The molecular weight excluding hydrogens is 262 g/mol. The zero-order chi connectivity index (χ0) is 16.0. The van der Waals surface area contributed by atoms with Gasteiger partial charge in [-0.2, -0.15) is 0 Å². The van der Waals surface area contributed by atoms with Gasteiger partial charge in [0.2, 0.25) is 5.91 Å². The Hall–Kier alpha value is -1.35. The average molecular weight is 293 g/mol. The summed E-state index contributed by atoms with van der Waals surface area (Å²) in [5.41, 5.74) is -0.872. The van der Waals surface area contributed by atoms with Gasteiger partial charge in [-0.15, -0.1) is 0 Å². The smallest absolute Gasteiger partial charge is 0.244 e. The van der Waals surface area contributed by atoms with Crippen LogP contribution in [0.5, 0.6) is 0 Å². The molecule has 0 aromatic carbocycles. The maximum atomic E-state index is 11.4. The number of nitrogens with one attached hydrogen (secondary N) is 1. The quantitative estimate of drug-likeness (QED) is 0.263. The van der Waals surface area contributed by atoms with Crippen LogP contribution in [-0.2, 0) is 4.79 Å². The van der Waals surface area contributed by atoms with Crippen molar-refractivity contribution in [3.63, 3.8) is 0 Å². The minimum Gasteiger partial charge on any atom is -0.389 e. The second kappa shape index (κ2) is 12.4. The summed E-state index contributed by atoms with van der Waals surface area (Å²) in [4.78, 5) is 11.4. The third-order valence-electron chi connectivity index (χ3n) is 2.83. The first-order valence-electron chi connectivity index (χ1n) is 7.94. The van der Waals surface area contributed by atoms with Crippen molar-refractivity contribution in [3.05, 3.63) is 36.5 Å². The highest BCUT2D eigenvalue weighted by molar-refractivity contribution is 5.87. The maximum Gasteiger partial charge on any atom is 0.244 e. The normalized spacial score (nSPS) is 12.8. The summed E-state index contributed by atoms with van der Waals surface area (Å²) in [6.45, 7) is 5.79. The molecule has 0 aliphatic rings. The molecule has 0 spiro atoms. The van der Waals surface area contributed by atoms with Crippen LogP contribution in [0.15, 0.2) is 36.5 Å². The van der Waals surface area contributed by atoms with Crippen molar-refractivity contribution in [3.8, 4) is 0 Å². The molecule has 3 heteroatoms. The fourth-order valence-corrected chi connectivity index (χ4v) is 1.62. The maximum absolute atomic E-state index is 11.4. The highest BCUT2D eigenvalue weighted by atomic mass is 16.3. The summed E-state index contributed by atoms with van der Waals surface area (Å²) < 4.78 is 0. The molecule has 0 aliphatic heterocycles. The number of amides is 1. The van der Waals surface area contributed by atoms with Crippen LogP contribution in [0.4, 0.5) is 0 Å². The predicted octanol–water partition coefficient (Wildman–Crippen LogP) is 3.90. The Labute approximate surface area is 129 Å². The molecule has 0 saturated carbocycles. The summed E-state index contributed by atoms with van der Waals surface area (Å²) >= 11 is 0. The lowest BCUT2D eigenvalue weighted by Crippen LogP contribution is -2.37. The number of aliphatic hydroxyl groups is 1. The van der Waals surface area contributed by atoms with Crippen molar-refractivity contribution >= 4 is 5.91 Å². The second-order valence-electron chi connectivity index (χ2n) is 5.86. The number of unbranched alkanes of at least 4 members (excludes halogenated alkanes) is 4. The van der Waals surface area contributed by atoms with Crippen LogP contribution in [-0.4, -0.2) is 23.2 Å². The number of hydrogen-bond donors (Lipinski definition) is 2. The first-order chi connectivity index (χ1) is 9.95. The minimum absolute atomic E-state index is 0.183. The molecule has 3 nitrogen and oxygen atoms in total. The number of hydrogen-bond acceptors (Lipinski definition) is 2. The molecule has 0 bridgehead atoms. The van der Waals surface area contributed by atoms with Crippen molar-refractivity contribution in [1.29, 1.82) is 0 Å². The highest BCUT2D eigenvalue weighted by Gasteiger charge is 2.12. The average Bonchev–Trinajstić information content (AvgIpc) is 2.42. The van der Waals surface area contributed by atoms with E-state index < -0.39 is 5.60 Å². The fourth-order valence-electron chi connectivity index (χ4n) is 1.62. The van der Waals surface area contributed by atoms with E-state index in [2.05, 4.69) is 30.5 Å². The number of carbonyl (C=O) groups excluding carboxylic acids is 1. The van der Waals surface area contributed by atoms with Gasteiger partial charge in [-0.25, -0.2) is 0 Å². The monoisotopic (exact) mass is 293 g/mol. The van der Waals surface area contributed by atoms with Crippen molar-refractivity contribution in [2.24, 2.45) is 0 Å². The molecule has 0 atom stereocenters. The minimum atomic E-state index is -0.872. The summed E-state index contributed by atoms with van der Waals surface area (Å²) in [6, 6.07) is 0. The van der Waals surface area contributed by atoms with E-state index in [0.29, 0.717) is 0 Å². The SMILES string of the molecule is CCCCCC=CCCC=CC=CC(=O)NCC(C)(C)O. The summed E-state index contributed by atoms with van der Waals surface area (Å²) in [5, 5.41) is 12.1. The molecule has 120 valence electrons. The molecule has 0 unspecified atom stereocenters. The second-order valence-corrected chi connectivity index (χ2v) is 5.86. The molecule has 0 radical (unpaired) electrons. The summed E-state index contributed by atoms with van der Waals surface area (Å²) in [5.74, 6) is -0.183. The van der Waals surface area contributed by atoms with Crippen molar-refractivity contribution in [2.45, 2.75) is 64.9 Å². The van der Waals surface area contributed by atoms with Crippen LogP contribution < -0.4 is 5.32 Å². The van der Waals surface area contributed by atoms with E-state index in [1.807, 2.05) is 6.08 Å². The van der Waals surface area contributed by atoms with Crippen LogP contribution >= 0.6 is 0 Å². The van der Waals surface area contributed by atoms with Crippen molar-refractivity contribution in [2.75, 3.05) is 6.54 Å². The van der Waals surface area contributed by atoms with Gasteiger partial charge in [0.25, 0.3) is 0 Å². The van der Waals surface area contributed by atoms with Gasteiger partial charge in [-0.1, -0.05) is 50.1 Å². The molecule has 0 aromatic rings. The Balaban J connectivity index is 3.62.